The molecule has 5 heteroatoms. The van der Waals surface area contributed by atoms with Gasteiger partial charge in [-0.05, 0) is 37.6 Å². The minimum atomic E-state index is -1.07. The van der Waals surface area contributed by atoms with E-state index in [1.54, 1.807) is 31.2 Å². The fourth-order valence-electron chi connectivity index (χ4n) is 1.63. The Morgan fingerprint density at radius 1 is 1.26 bits per heavy atom. The Morgan fingerprint density at radius 2 is 2.00 bits per heavy atom. The van der Waals surface area contributed by atoms with Crippen LogP contribution in [0.25, 0.3) is 0 Å². The molecule has 1 aromatic carbocycles. The third-order valence-electron chi connectivity index (χ3n) is 2.59. The molecule has 0 aliphatic heterocycles. The van der Waals surface area contributed by atoms with Crippen LogP contribution in [0.15, 0.2) is 30.5 Å². The summed E-state index contributed by atoms with van der Waals surface area (Å²) in [5.41, 5.74) is 1.55. The number of pyridine rings is 1. The lowest BCUT2D eigenvalue weighted by atomic mass is 10.2. The summed E-state index contributed by atoms with van der Waals surface area (Å²) in [6.07, 6.45) is 1.29. The van der Waals surface area contributed by atoms with Crippen molar-refractivity contribution in [2.45, 2.75) is 13.8 Å². The summed E-state index contributed by atoms with van der Waals surface area (Å²) in [5, 5.41) is 9.71. The van der Waals surface area contributed by atoms with Gasteiger partial charge in [-0.15, -0.1) is 0 Å². The molecule has 0 spiro atoms. The summed E-state index contributed by atoms with van der Waals surface area (Å²) < 4.78 is 5.66. The molecule has 2 aromatic rings. The average molecular weight is 278 g/mol. The van der Waals surface area contributed by atoms with Crippen molar-refractivity contribution < 1.29 is 14.6 Å². The molecule has 19 heavy (non-hydrogen) atoms. The van der Waals surface area contributed by atoms with Gasteiger partial charge in [0.05, 0.1) is 0 Å². The fraction of sp³-hybridized carbons (Fsp3) is 0.143. The second-order valence-corrected chi connectivity index (χ2v) is 4.58. The molecule has 98 valence electrons. The topological polar surface area (TPSA) is 59.4 Å². The number of ether oxygens (including phenoxy) is 1. The van der Waals surface area contributed by atoms with Gasteiger partial charge in [-0.3, -0.25) is 4.98 Å². The minimum absolute atomic E-state index is 0.0277. The maximum atomic E-state index is 11.1. The van der Waals surface area contributed by atoms with E-state index in [2.05, 4.69) is 4.98 Å². The van der Waals surface area contributed by atoms with E-state index in [1.807, 2.05) is 6.92 Å². The molecule has 0 aliphatic carbocycles. The van der Waals surface area contributed by atoms with Crippen LogP contribution in [0.4, 0.5) is 0 Å². The molecule has 1 N–H and O–H groups in total. The van der Waals surface area contributed by atoms with E-state index < -0.39 is 5.97 Å². The van der Waals surface area contributed by atoms with Gasteiger partial charge in [-0.25, -0.2) is 4.79 Å². The highest BCUT2D eigenvalue weighted by Crippen LogP contribution is 2.29. The van der Waals surface area contributed by atoms with Gasteiger partial charge in [0.2, 0.25) is 0 Å². The first-order valence-corrected chi connectivity index (χ1v) is 5.99. The first-order chi connectivity index (χ1) is 8.97. The molecule has 0 radical (unpaired) electrons. The zero-order valence-electron chi connectivity index (χ0n) is 10.5. The number of hydrogen-bond donors (Lipinski definition) is 1. The lowest BCUT2D eigenvalue weighted by Crippen LogP contribution is -2.02. The number of benzene rings is 1. The highest BCUT2D eigenvalue weighted by Gasteiger charge is 2.14. The van der Waals surface area contributed by atoms with Gasteiger partial charge in [-0.1, -0.05) is 11.6 Å². The zero-order chi connectivity index (χ0) is 14.0. The molecule has 0 aliphatic rings. The molecule has 0 amide bonds. The van der Waals surface area contributed by atoms with Crippen LogP contribution in [0, 0.1) is 13.8 Å². The van der Waals surface area contributed by atoms with Gasteiger partial charge < -0.3 is 9.84 Å². The van der Waals surface area contributed by atoms with Crippen molar-refractivity contribution in [1.29, 1.82) is 0 Å². The van der Waals surface area contributed by atoms with Crippen LogP contribution in [-0.4, -0.2) is 16.1 Å². The Hall–Kier alpha value is -2.07. The smallest absolute Gasteiger partial charge is 0.341 e. The number of aromatic carboxylic acids is 1. The molecule has 0 saturated heterocycles. The first-order valence-electron chi connectivity index (χ1n) is 5.61. The molecule has 0 atom stereocenters. The SMILES string of the molecule is Cc1cc(Oc2ccc(Cl)cc2C)c(C(=O)O)cn1. The van der Waals surface area contributed by atoms with E-state index in [9.17, 15) is 4.79 Å². The summed E-state index contributed by atoms with van der Waals surface area (Å²) in [6.45, 7) is 3.61. The van der Waals surface area contributed by atoms with Crippen LogP contribution in [0.5, 0.6) is 11.5 Å². The molecule has 2 rings (SSSR count). The Morgan fingerprint density at radius 3 is 2.63 bits per heavy atom. The van der Waals surface area contributed by atoms with E-state index in [-0.39, 0.29) is 11.3 Å². The largest absolute Gasteiger partial charge is 0.477 e. The van der Waals surface area contributed by atoms with Crippen LogP contribution in [0.1, 0.15) is 21.6 Å². The van der Waals surface area contributed by atoms with Crippen LogP contribution in [-0.2, 0) is 0 Å². The summed E-state index contributed by atoms with van der Waals surface area (Å²) in [7, 11) is 0. The van der Waals surface area contributed by atoms with Crippen molar-refractivity contribution in [3.63, 3.8) is 0 Å². The van der Waals surface area contributed by atoms with Gasteiger partial charge in [-0.2, -0.15) is 0 Å². The lowest BCUT2D eigenvalue weighted by Gasteiger charge is -2.11. The summed E-state index contributed by atoms with van der Waals surface area (Å²) in [4.78, 5) is 15.1. The summed E-state index contributed by atoms with van der Waals surface area (Å²) in [5.74, 6) is -0.239. The van der Waals surface area contributed by atoms with E-state index in [4.69, 9.17) is 21.4 Å². The van der Waals surface area contributed by atoms with E-state index in [1.165, 1.54) is 6.20 Å². The second-order valence-electron chi connectivity index (χ2n) is 4.14. The maximum absolute atomic E-state index is 11.1. The van der Waals surface area contributed by atoms with E-state index in [0.717, 1.165) is 5.56 Å². The molecular formula is C14H12ClNO3. The molecule has 4 nitrogen and oxygen atoms in total. The number of carboxylic acids is 1. The van der Waals surface area contributed by atoms with Gasteiger partial charge in [0.25, 0.3) is 0 Å². The van der Waals surface area contributed by atoms with Crippen molar-refractivity contribution in [3.05, 3.63) is 52.3 Å². The molecular weight excluding hydrogens is 266 g/mol. The number of carboxylic acid groups (broad SMARTS) is 1. The standard InChI is InChI=1S/C14H12ClNO3/c1-8-5-10(15)3-4-12(8)19-13-6-9(2)16-7-11(13)14(17)18/h3-7H,1-2H3,(H,17,18). The van der Waals surface area contributed by atoms with Crippen molar-refractivity contribution in [2.75, 3.05) is 0 Å². The molecule has 0 bridgehead atoms. The first kappa shape index (κ1) is 13.4. The minimum Gasteiger partial charge on any atom is -0.477 e. The van der Waals surface area contributed by atoms with Gasteiger partial charge in [0, 0.05) is 23.0 Å². The Bertz CT molecular complexity index is 641. The van der Waals surface area contributed by atoms with Gasteiger partial charge >= 0.3 is 5.97 Å². The number of halogens is 1. The van der Waals surface area contributed by atoms with Crippen LogP contribution >= 0.6 is 11.6 Å². The maximum Gasteiger partial charge on any atom is 0.341 e. The van der Waals surface area contributed by atoms with Crippen LogP contribution in [0.3, 0.4) is 0 Å². The number of aromatic nitrogens is 1. The Labute approximate surface area is 115 Å². The van der Waals surface area contributed by atoms with Crippen LogP contribution in [0.2, 0.25) is 5.02 Å². The number of aryl methyl sites for hydroxylation is 2. The summed E-state index contributed by atoms with van der Waals surface area (Å²) >= 11 is 5.87. The Kier molecular flexibility index (Phi) is 3.71. The third-order valence-corrected chi connectivity index (χ3v) is 2.83. The predicted molar refractivity (Wildman–Crippen MR) is 72.2 cm³/mol. The second kappa shape index (κ2) is 5.28. The quantitative estimate of drug-likeness (QED) is 0.926. The molecule has 1 heterocycles. The zero-order valence-corrected chi connectivity index (χ0v) is 11.2. The van der Waals surface area contributed by atoms with Crippen molar-refractivity contribution in [1.82, 2.24) is 4.98 Å². The molecule has 0 unspecified atom stereocenters. The predicted octanol–water partition coefficient (Wildman–Crippen LogP) is 3.84. The lowest BCUT2D eigenvalue weighted by molar-refractivity contribution is 0.0693. The molecule has 0 saturated carbocycles. The summed E-state index contributed by atoms with van der Waals surface area (Å²) in [6, 6.07) is 6.75. The highest BCUT2D eigenvalue weighted by atomic mass is 35.5. The third kappa shape index (κ3) is 3.03. The van der Waals surface area contributed by atoms with E-state index >= 15 is 0 Å². The van der Waals surface area contributed by atoms with Gasteiger partial charge in [0.15, 0.2) is 0 Å². The van der Waals surface area contributed by atoms with Crippen molar-refractivity contribution in [3.8, 4) is 11.5 Å². The number of hydrogen-bond acceptors (Lipinski definition) is 3. The van der Waals surface area contributed by atoms with E-state index in [0.29, 0.717) is 16.5 Å². The monoisotopic (exact) mass is 277 g/mol. The average Bonchev–Trinajstić information content (AvgIpc) is 2.32. The number of carbonyl (C=O) groups is 1. The Balaban J connectivity index is 2.42. The fourth-order valence-corrected chi connectivity index (χ4v) is 1.85. The molecule has 1 aromatic heterocycles. The molecule has 0 fully saturated rings. The van der Waals surface area contributed by atoms with Crippen molar-refractivity contribution >= 4 is 17.6 Å². The highest BCUT2D eigenvalue weighted by molar-refractivity contribution is 6.30. The number of nitrogens with zero attached hydrogens (tertiary/aromatic N) is 1. The van der Waals surface area contributed by atoms with Crippen molar-refractivity contribution in [2.24, 2.45) is 0 Å². The van der Waals surface area contributed by atoms with Crippen LogP contribution < -0.4 is 4.74 Å². The van der Waals surface area contributed by atoms with Gasteiger partial charge in [0.1, 0.15) is 17.1 Å². The normalized spacial score (nSPS) is 10.3. The number of rotatable bonds is 3.